The van der Waals surface area contributed by atoms with E-state index in [4.69, 9.17) is 95.5 Å². The quantitative estimate of drug-likeness (QED) is 0.0582. The number of aliphatic hydroxyl groups is 2. The number of aliphatic hydroxyl groups excluding tert-OH is 2. The highest BCUT2D eigenvalue weighted by Crippen LogP contribution is 2.25. The second-order valence-electron chi connectivity index (χ2n) is 20.4. The van der Waals surface area contributed by atoms with Gasteiger partial charge >= 0.3 is 0 Å². The second kappa shape index (κ2) is 64.4. The molecule has 0 spiro atoms. The van der Waals surface area contributed by atoms with E-state index in [1.54, 1.807) is 24.5 Å². The van der Waals surface area contributed by atoms with Gasteiger partial charge in [0.1, 0.15) is 11.6 Å². The predicted molar refractivity (Wildman–Crippen MR) is 345 cm³/mol. The fourth-order valence-corrected chi connectivity index (χ4v) is 8.03. The standard InChI is InChI=1S/C64H106N8O24/c73-14-18-81-22-26-85-30-34-89-38-42-93-46-50-95-48-44-91-40-36-87-32-28-83-24-20-79-16-3-6-56(75)4-1-5-57(76)52-55-53-65-11-9-58(55)63-69-71-64(72-70-63)59-10-12-66-54-60(59)68-62(78)8-2-7-61(77)67-13-17-80-21-25-84-29-33-88-37-41-92-45-49-96-51-47-94-43-39-90-35-31-86-27-23-82-19-15-74/h9-12,53-54,73-74H,1-8,13-52H2,(H,67,77)(H,68,78). The molecule has 3 aromatic heterocycles. The lowest BCUT2D eigenvalue weighted by Gasteiger charge is -2.10. The number of nitrogens with zero attached hydrogens (tertiary/aromatic N) is 6. The van der Waals surface area contributed by atoms with Crippen LogP contribution in [0.4, 0.5) is 5.69 Å². The smallest absolute Gasteiger partial charge is 0.224 e. The van der Waals surface area contributed by atoms with Gasteiger partial charge in [-0.1, -0.05) is 0 Å². The number of carbonyl (C=O) groups excluding carboxylic acids is 4. The van der Waals surface area contributed by atoms with Crippen molar-refractivity contribution < 1.29 is 115 Å². The highest BCUT2D eigenvalue weighted by molar-refractivity contribution is 5.94. The Kier molecular flexibility index (Phi) is 57.0. The summed E-state index contributed by atoms with van der Waals surface area (Å²) in [6, 6.07) is 3.30. The number of hydrogen-bond donors (Lipinski definition) is 4. The van der Waals surface area contributed by atoms with Crippen molar-refractivity contribution in [3.63, 3.8) is 0 Å². The van der Waals surface area contributed by atoms with Crippen LogP contribution < -0.4 is 10.6 Å². The summed E-state index contributed by atoms with van der Waals surface area (Å²) in [5, 5.41) is 40.0. The third-order valence-electron chi connectivity index (χ3n) is 12.8. The molecule has 2 amide bonds. The number of anilines is 1. The van der Waals surface area contributed by atoms with Gasteiger partial charge in [-0.15, -0.1) is 20.4 Å². The van der Waals surface area contributed by atoms with Crippen molar-refractivity contribution in [1.82, 2.24) is 35.7 Å². The van der Waals surface area contributed by atoms with Gasteiger partial charge in [0.25, 0.3) is 0 Å². The Balaban J connectivity index is 1.10. The van der Waals surface area contributed by atoms with Crippen molar-refractivity contribution >= 4 is 29.1 Å². The SMILES string of the molecule is O=C(CCCOCCOCCOCCOCCOCCOCCOCCOCCOCCO)CCCC(=O)Cc1cnccc1-c1nnc(-c2ccncc2NC(=O)CCCC(=O)NCCOCCOCCOCCOCCOCCOCCOCCOCCOCCO)nn1. The molecule has 0 aliphatic rings. The Bertz CT molecular complexity index is 2170. The zero-order chi connectivity index (χ0) is 68.3. The van der Waals surface area contributed by atoms with E-state index in [2.05, 4.69) is 41.0 Å². The summed E-state index contributed by atoms with van der Waals surface area (Å²) < 4.78 is 97.9. The van der Waals surface area contributed by atoms with E-state index >= 15 is 0 Å². The highest BCUT2D eigenvalue weighted by atomic mass is 16.6. The number of nitrogens with one attached hydrogen (secondary N) is 2. The molecule has 0 aromatic carbocycles. The van der Waals surface area contributed by atoms with Crippen LogP contribution in [0.3, 0.4) is 0 Å². The van der Waals surface area contributed by atoms with E-state index in [1.807, 2.05) is 0 Å². The number of Topliss-reactive ketones (excluding diaryl/α,β-unsaturated/α-hetero) is 2. The molecule has 32 nitrogen and oxygen atoms in total. The minimum absolute atomic E-state index is 0.00356. The molecule has 96 heavy (non-hydrogen) atoms. The molecule has 0 atom stereocenters. The molecule has 3 rings (SSSR count). The van der Waals surface area contributed by atoms with Gasteiger partial charge in [-0.25, -0.2) is 0 Å². The Morgan fingerprint density at radius 3 is 1.02 bits per heavy atom. The predicted octanol–water partition coefficient (Wildman–Crippen LogP) is 1.53. The number of amides is 2. The van der Waals surface area contributed by atoms with Gasteiger partial charge in [-0.2, -0.15) is 0 Å². The van der Waals surface area contributed by atoms with Gasteiger partial charge in [-0.05, 0) is 37.0 Å². The maximum Gasteiger partial charge on any atom is 0.224 e. The van der Waals surface area contributed by atoms with Gasteiger partial charge in [-0.3, -0.25) is 29.1 Å². The first-order valence-corrected chi connectivity index (χ1v) is 33.1. The summed E-state index contributed by atoms with van der Waals surface area (Å²) in [6.45, 7) is 15.9. The van der Waals surface area contributed by atoms with Crippen molar-refractivity contribution in [2.45, 2.75) is 57.8 Å². The fourth-order valence-electron chi connectivity index (χ4n) is 8.03. The molecular formula is C64H106N8O24. The molecule has 4 N–H and O–H groups in total. The van der Waals surface area contributed by atoms with Crippen molar-refractivity contribution in [3.05, 3.63) is 42.5 Å². The number of rotatable bonds is 72. The van der Waals surface area contributed by atoms with Gasteiger partial charge in [0.2, 0.25) is 23.5 Å². The topological polar surface area (TPSA) is 376 Å². The molecule has 0 fully saturated rings. The molecule has 0 saturated carbocycles. The molecule has 32 heteroatoms. The molecule has 0 saturated heterocycles. The number of carbonyl (C=O) groups is 4. The Hall–Kier alpha value is -5.28. The number of ketones is 2. The minimum atomic E-state index is -0.333. The normalized spacial score (nSPS) is 11.4. The van der Waals surface area contributed by atoms with Crippen LogP contribution in [0.1, 0.15) is 56.9 Å². The lowest BCUT2D eigenvalue weighted by Crippen LogP contribution is -2.27. The first-order chi connectivity index (χ1) is 47.4. The summed E-state index contributed by atoms with van der Waals surface area (Å²) in [5.41, 5.74) is 1.90. The molecule has 0 radical (unpaired) electrons. The number of aromatic nitrogens is 6. The monoisotopic (exact) mass is 1370 g/mol. The highest BCUT2D eigenvalue weighted by Gasteiger charge is 2.17. The average molecular weight is 1370 g/mol. The largest absolute Gasteiger partial charge is 0.394 e. The molecule has 0 aliphatic heterocycles. The molecule has 0 bridgehead atoms. The zero-order valence-electron chi connectivity index (χ0n) is 56.0. The first kappa shape index (κ1) is 84.9. The molecule has 3 heterocycles. The van der Waals surface area contributed by atoms with Crippen LogP contribution in [0.15, 0.2) is 36.9 Å². The Morgan fingerprint density at radius 2 is 0.625 bits per heavy atom. The second-order valence-corrected chi connectivity index (χ2v) is 20.4. The zero-order valence-corrected chi connectivity index (χ0v) is 56.0. The molecule has 3 aromatic rings. The van der Waals surface area contributed by atoms with E-state index < -0.39 is 0 Å². The Labute approximate surface area is 563 Å². The first-order valence-electron chi connectivity index (χ1n) is 33.1. The Morgan fingerprint density at radius 1 is 0.323 bits per heavy atom. The number of pyridine rings is 2. The van der Waals surface area contributed by atoms with Crippen LogP contribution in [-0.2, 0) is 111 Å². The molecule has 0 unspecified atom stereocenters. The third-order valence-corrected chi connectivity index (χ3v) is 12.8. The summed E-state index contributed by atoms with van der Waals surface area (Å²) in [4.78, 5) is 59.3. The third kappa shape index (κ3) is 50.1. The summed E-state index contributed by atoms with van der Waals surface area (Å²) in [6.07, 6.45) is 8.54. The maximum absolute atomic E-state index is 13.1. The van der Waals surface area contributed by atoms with Gasteiger partial charge in [0.05, 0.1) is 256 Å². The fraction of sp³-hybridized carbons (Fsp3) is 0.750. The summed E-state index contributed by atoms with van der Waals surface area (Å²) in [5.74, 6) is -0.229. The summed E-state index contributed by atoms with van der Waals surface area (Å²) in [7, 11) is 0. The lowest BCUT2D eigenvalue weighted by molar-refractivity contribution is -0.122. The van der Waals surface area contributed by atoms with Crippen molar-refractivity contribution in [2.24, 2.45) is 0 Å². The van der Waals surface area contributed by atoms with Crippen LogP contribution in [0.5, 0.6) is 0 Å². The van der Waals surface area contributed by atoms with Crippen LogP contribution in [0.2, 0.25) is 0 Å². The molecular weight excluding hydrogens is 1260 g/mol. The van der Waals surface area contributed by atoms with Gasteiger partial charge in [0.15, 0.2) is 0 Å². The van der Waals surface area contributed by atoms with Crippen molar-refractivity contribution in [3.8, 4) is 22.8 Å². The van der Waals surface area contributed by atoms with Gasteiger partial charge in [0, 0.05) is 81.4 Å². The van der Waals surface area contributed by atoms with E-state index in [0.29, 0.717) is 292 Å². The van der Waals surface area contributed by atoms with Crippen LogP contribution in [0.25, 0.3) is 22.8 Å². The minimum Gasteiger partial charge on any atom is -0.394 e. The number of ether oxygens (including phenoxy) is 18. The molecule has 546 valence electrons. The van der Waals surface area contributed by atoms with Crippen LogP contribution in [-0.4, -0.2) is 322 Å². The van der Waals surface area contributed by atoms with Crippen molar-refractivity contribution in [1.29, 1.82) is 0 Å². The van der Waals surface area contributed by atoms with E-state index in [9.17, 15) is 19.2 Å². The van der Waals surface area contributed by atoms with E-state index in [0.717, 1.165) is 0 Å². The average Bonchev–Trinajstić information content (AvgIpc) is 1.01. The van der Waals surface area contributed by atoms with E-state index in [-0.39, 0.29) is 80.3 Å². The van der Waals surface area contributed by atoms with Gasteiger partial charge < -0.3 is 106 Å². The number of hydrogen-bond acceptors (Lipinski definition) is 30. The maximum atomic E-state index is 13.1. The molecule has 0 aliphatic carbocycles. The van der Waals surface area contributed by atoms with Crippen LogP contribution in [0, 0.1) is 0 Å². The van der Waals surface area contributed by atoms with E-state index in [1.165, 1.54) is 12.4 Å². The van der Waals surface area contributed by atoms with Crippen molar-refractivity contribution in [2.75, 3.05) is 263 Å². The van der Waals surface area contributed by atoms with Crippen LogP contribution >= 0.6 is 0 Å². The lowest BCUT2D eigenvalue weighted by atomic mass is 10.0. The summed E-state index contributed by atoms with van der Waals surface area (Å²) >= 11 is 0.